The number of hydrogen-bond donors (Lipinski definition) is 2. The largest absolute Gasteiger partial charge is 0.394 e. The minimum absolute atomic E-state index is 0.0263. The molecule has 0 unspecified atom stereocenters. The molecule has 0 saturated carbocycles. The number of amides is 2. The Hall–Kier alpha value is -3.00. The Kier molecular flexibility index (Phi) is 6.73. The number of likely N-dealkylation sites (tertiary alicyclic amines) is 1. The minimum atomic E-state index is -0.104. The number of rotatable bonds is 6. The van der Waals surface area contributed by atoms with Crippen molar-refractivity contribution in [3.8, 4) is 0 Å². The van der Waals surface area contributed by atoms with Crippen LogP contribution in [0.1, 0.15) is 78.8 Å². The summed E-state index contributed by atoms with van der Waals surface area (Å²) in [7, 11) is 0. The fourth-order valence-corrected chi connectivity index (χ4v) is 5.84. The number of aromatic nitrogens is 2. The zero-order valence-corrected chi connectivity index (χ0v) is 20.7. The Morgan fingerprint density at radius 3 is 2.49 bits per heavy atom. The van der Waals surface area contributed by atoms with Crippen molar-refractivity contribution in [2.75, 3.05) is 18.1 Å². The molecule has 0 spiro atoms. The predicted molar refractivity (Wildman–Crippen MR) is 133 cm³/mol. The van der Waals surface area contributed by atoms with Crippen molar-refractivity contribution in [3.05, 3.63) is 52.3 Å². The van der Waals surface area contributed by atoms with E-state index in [0.717, 1.165) is 60.7 Å². The number of aliphatic hydroxyl groups excluding tert-OH is 1. The van der Waals surface area contributed by atoms with Crippen LogP contribution in [0.2, 0.25) is 0 Å². The molecule has 2 aromatic rings. The monoisotopic (exact) mass is 477 g/mol. The SMILES string of the molecule is C[C@@H]1CCC[C@H](C)N1c1nc2c(c(Cc3ccc(CC(=O)N4CCC[C@H]4CO)cc3)n1)C(=O)NC2. The zero-order valence-electron chi connectivity index (χ0n) is 20.7. The number of anilines is 1. The highest BCUT2D eigenvalue weighted by molar-refractivity contribution is 5.99. The lowest BCUT2D eigenvalue weighted by atomic mass is 9.98. The van der Waals surface area contributed by atoms with Gasteiger partial charge >= 0.3 is 0 Å². The van der Waals surface area contributed by atoms with Gasteiger partial charge in [-0.15, -0.1) is 0 Å². The molecule has 35 heavy (non-hydrogen) atoms. The number of fused-ring (bicyclic) bond motifs is 1. The third-order valence-corrected chi connectivity index (χ3v) is 7.77. The Morgan fingerprint density at radius 1 is 1.06 bits per heavy atom. The molecular formula is C27H35N5O3. The number of aliphatic hydroxyl groups is 1. The minimum Gasteiger partial charge on any atom is -0.394 e. The summed E-state index contributed by atoms with van der Waals surface area (Å²) in [6.07, 6.45) is 6.14. The third-order valence-electron chi connectivity index (χ3n) is 7.77. The normalized spacial score (nSPS) is 24.0. The molecule has 2 N–H and O–H groups in total. The van der Waals surface area contributed by atoms with Crippen molar-refractivity contribution in [2.24, 2.45) is 0 Å². The first-order chi connectivity index (χ1) is 16.9. The maximum absolute atomic E-state index is 12.7. The highest BCUT2D eigenvalue weighted by atomic mass is 16.3. The van der Waals surface area contributed by atoms with E-state index in [1.807, 2.05) is 24.3 Å². The first kappa shape index (κ1) is 23.7. The lowest BCUT2D eigenvalue weighted by Crippen LogP contribution is -2.45. The van der Waals surface area contributed by atoms with E-state index in [1.165, 1.54) is 6.42 Å². The molecule has 5 rings (SSSR count). The van der Waals surface area contributed by atoms with Crippen LogP contribution in [0.25, 0.3) is 0 Å². The van der Waals surface area contributed by atoms with Gasteiger partial charge in [-0.05, 0) is 57.1 Å². The van der Waals surface area contributed by atoms with Crippen LogP contribution in [0.4, 0.5) is 5.95 Å². The van der Waals surface area contributed by atoms with E-state index in [0.29, 0.717) is 37.0 Å². The van der Waals surface area contributed by atoms with Crippen LogP contribution in [0, 0.1) is 0 Å². The summed E-state index contributed by atoms with van der Waals surface area (Å²) >= 11 is 0. The number of nitrogens with zero attached hydrogens (tertiary/aromatic N) is 4. The average Bonchev–Trinajstić information content (AvgIpc) is 3.47. The Morgan fingerprint density at radius 2 is 1.77 bits per heavy atom. The van der Waals surface area contributed by atoms with E-state index in [-0.39, 0.29) is 24.5 Å². The predicted octanol–water partition coefficient (Wildman–Crippen LogP) is 2.60. The second-order valence-corrected chi connectivity index (χ2v) is 10.2. The van der Waals surface area contributed by atoms with Crippen LogP contribution in [0.15, 0.2) is 24.3 Å². The molecule has 3 aliphatic rings. The highest BCUT2D eigenvalue weighted by Gasteiger charge is 2.32. The molecule has 8 nitrogen and oxygen atoms in total. The molecule has 2 amide bonds. The molecule has 2 fully saturated rings. The van der Waals surface area contributed by atoms with Gasteiger partial charge in [0.25, 0.3) is 5.91 Å². The highest BCUT2D eigenvalue weighted by Crippen LogP contribution is 2.30. The summed E-state index contributed by atoms with van der Waals surface area (Å²) in [4.78, 5) is 39.1. The van der Waals surface area contributed by atoms with E-state index in [1.54, 1.807) is 4.90 Å². The van der Waals surface area contributed by atoms with Crippen molar-refractivity contribution in [3.63, 3.8) is 0 Å². The number of nitrogens with one attached hydrogen (secondary N) is 1. The van der Waals surface area contributed by atoms with E-state index < -0.39 is 0 Å². The number of carbonyl (C=O) groups excluding carboxylic acids is 2. The Labute approximate surface area is 206 Å². The number of hydrogen-bond acceptors (Lipinski definition) is 6. The van der Waals surface area contributed by atoms with Gasteiger partial charge in [0.15, 0.2) is 0 Å². The van der Waals surface area contributed by atoms with Crippen LogP contribution in [-0.4, -0.2) is 63.1 Å². The molecule has 3 atom stereocenters. The van der Waals surface area contributed by atoms with Crippen LogP contribution in [0.3, 0.4) is 0 Å². The number of piperidine rings is 1. The molecule has 1 aromatic heterocycles. The van der Waals surface area contributed by atoms with Crippen LogP contribution >= 0.6 is 0 Å². The Balaban J connectivity index is 1.35. The summed E-state index contributed by atoms with van der Waals surface area (Å²) in [5.74, 6) is 0.683. The fourth-order valence-electron chi connectivity index (χ4n) is 5.84. The first-order valence-electron chi connectivity index (χ1n) is 12.9. The second kappa shape index (κ2) is 9.93. The van der Waals surface area contributed by atoms with E-state index in [9.17, 15) is 14.7 Å². The van der Waals surface area contributed by atoms with Gasteiger partial charge in [0, 0.05) is 25.0 Å². The summed E-state index contributed by atoms with van der Waals surface area (Å²) in [5.41, 5.74) is 4.14. The maximum Gasteiger partial charge on any atom is 0.255 e. The van der Waals surface area contributed by atoms with Gasteiger partial charge in [0.05, 0.1) is 42.6 Å². The van der Waals surface area contributed by atoms with E-state index in [2.05, 4.69) is 24.1 Å². The number of carbonyl (C=O) groups is 2. The lowest BCUT2D eigenvalue weighted by molar-refractivity contribution is -0.132. The molecule has 2 saturated heterocycles. The first-order valence-corrected chi connectivity index (χ1v) is 12.9. The smallest absolute Gasteiger partial charge is 0.255 e. The molecule has 0 bridgehead atoms. The van der Waals surface area contributed by atoms with Crippen molar-refractivity contribution in [2.45, 2.75) is 83.5 Å². The third kappa shape index (κ3) is 4.76. The van der Waals surface area contributed by atoms with Gasteiger partial charge in [-0.2, -0.15) is 0 Å². The molecule has 8 heteroatoms. The summed E-state index contributed by atoms with van der Waals surface area (Å²) in [6.45, 7) is 5.64. The van der Waals surface area contributed by atoms with Gasteiger partial charge in [-0.25, -0.2) is 9.97 Å². The summed E-state index contributed by atoms with van der Waals surface area (Å²) < 4.78 is 0. The molecule has 0 aliphatic carbocycles. The fraction of sp³-hybridized carbons (Fsp3) is 0.556. The second-order valence-electron chi connectivity index (χ2n) is 10.2. The zero-order chi connectivity index (χ0) is 24.5. The van der Waals surface area contributed by atoms with E-state index in [4.69, 9.17) is 9.97 Å². The van der Waals surface area contributed by atoms with Crippen LogP contribution < -0.4 is 10.2 Å². The topological polar surface area (TPSA) is 98.7 Å². The molecule has 0 radical (unpaired) electrons. The Bertz CT molecular complexity index is 1090. The molecule has 3 aliphatic heterocycles. The number of benzene rings is 1. The van der Waals surface area contributed by atoms with Crippen LogP contribution in [0.5, 0.6) is 0 Å². The van der Waals surface area contributed by atoms with Crippen molar-refractivity contribution in [1.82, 2.24) is 20.2 Å². The van der Waals surface area contributed by atoms with Gasteiger partial charge < -0.3 is 20.2 Å². The van der Waals surface area contributed by atoms with Gasteiger partial charge in [-0.3, -0.25) is 9.59 Å². The van der Waals surface area contributed by atoms with Gasteiger partial charge in [-0.1, -0.05) is 24.3 Å². The van der Waals surface area contributed by atoms with Crippen molar-refractivity contribution >= 4 is 17.8 Å². The van der Waals surface area contributed by atoms with Gasteiger partial charge in [0.2, 0.25) is 11.9 Å². The molecule has 4 heterocycles. The molecular weight excluding hydrogens is 442 g/mol. The summed E-state index contributed by atoms with van der Waals surface area (Å²) in [6, 6.07) is 8.68. The average molecular weight is 478 g/mol. The maximum atomic E-state index is 12.7. The van der Waals surface area contributed by atoms with Gasteiger partial charge in [0.1, 0.15) is 0 Å². The molecule has 186 valence electrons. The lowest BCUT2D eigenvalue weighted by Gasteiger charge is -2.39. The standard InChI is InChI=1S/C27H35N5O3/c1-17-5-3-6-18(2)32(17)27-29-22(25-23(30-27)15-28-26(25)35)13-19-8-10-20(11-9-19)14-24(34)31-12-4-7-21(31)16-33/h8-11,17-18,21,33H,3-7,12-16H2,1-2H3,(H,28,35)/t17-,18+,21-/m0/s1. The molecule has 1 aromatic carbocycles. The van der Waals surface area contributed by atoms with E-state index >= 15 is 0 Å². The quantitative estimate of drug-likeness (QED) is 0.664. The van der Waals surface area contributed by atoms with Crippen molar-refractivity contribution in [1.29, 1.82) is 0 Å². The van der Waals surface area contributed by atoms with Crippen LogP contribution in [-0.2, 0) is 24.2 Å². The summed E-state index contributed by atoms with van der Waals surface area (Å²) in [5, 5.41) is 12.4. The van der Waals surface area contributed by atoms with Crippen molar-refractivity contribution < 1.29 is 14.7 Å².